The van der Waals surface area contributed by atoms with Gasteiger partial charge in [-0.3, -0.25) is 9.69 Å². The number of rotatable bonds is 2. The van der Waals surface area contributed by atoms with Crippen LogP contribution in [0.1, 0.15) is 25.3 Å². The lowest BCUT2D eigenvalue weighted by molar-refractivity contribution is -0.114. The van der Waals surface area contributed by atoms with E-state index in [1.807, 2.05) is 24.3 Å². The van der Waals surface area contributed by atoms with Gasteiger partial charge in [-0.1, -0.05) is 17.9 Å². The maximum Gasteiger partial charge on any atom is 0.221 e. The van der Waals surface area contributed by atoms with Crippen LogP contribution in [0.3, 0.4) is 0 Å². The molecule has 0 aliphatic carbocycles. The van der Waals surface area contributed by atoms with Crippen LogP contribution >= 0.6 is 0 Å². The summed E-state index contributed by atoms with van der Waals surface area (Å²) in [4.78, 5) is 13.3. The summed E-state index contributed by atoms with van der Waals surface area (Å²) < 4.78 is 0. The summed E-state index contributed by atoms with van der Waals surface area (Å²) in [6, 6.07) is 7.64. The zero-order valence-electron chi connectivity index (χ0n) is 10.7. The topological polar surface area (TPSA) is 32.3 Å². The first kappa shape index (κ1) is 12.7. The van der Waals surface area contributed by atoms with E-state index in [1.54, 1.807) is 0 Å². The molecule has 1 saturated heterocycles. The number of hydrogen-bond donors (Lipinski definition) is 1. The number of hydrogen-bond acceptors (Lipinski definition) is 2. The first-order valence-corrected chi connectivity index (χ1v) is 6.33. The van der Waals surface area contributed by atoms with Gasteiger partial charge in [-0.05, 0) is 44.1 Å². The average Bonchev–Trinajstić information content (AvgIpc) is 2.82. The molecule has 0 radical (unpaired) electrons. The quantitative estimate of drug-likeness (QED) is 0.805. The van der Waals surface area contributed by atoms with Crippen LogP contribution < -0.4 is 5.32 Å². The van der Waals surface area contributed by atoms with Gasteiger partial charge < -0.3 is 5.32 Å². The van der Waals surface area contributed by atoms with E-state index in [9.17, 15) is 4.79 Å². The van der Waals surface area contributed by atoms with Crippen LogP contribution in [-0.2, 0) is 4.79 Å². The molecule has 1 aliphatic heterocycles. The van der Waals surface area contributed by atoms with Crippen molar-refractivity contribution in [1.29, 1.82) is 0 Å². The van der Waals surface area contributed by atoms with Crippen LogP contribution in [-0.4, -0.2) is 30.4 Å². The number of carbonyl (C=O) groups is 1. The van der Waals surface area contributed by atoms with E-state index < -0.39 is 0 Å². The molecule has 1 heterocycles. The fraction of sp³-hybridized carbons (Fsp3) is 0.400. The second-order valence-electron chi connectivity index (χ2n) is 4.55. The van der Waals surface area contributed by atoms with Gasteiger partial charge in [-0.15, -0.1) is 0 Å². The third-order valence-corrected chi connectivity index (χ3v) is 2.92. The van der Waals surface area contributed by atoms with Gasteiger partial charge in [-0.2, -0.15) is 0 Å². The maximum atomic E-state index is 11.0. The van der Waals surface area contributed by atoms with E-state index in [-0.39, 0.29) is 5.91 Å². The Bertz CT molecular complexity index is 479. The average molecular weight is 242 g/mol. The van der Waals surface area contributed by atoms with Gasteiger partial charge >= 0.3 is 0 Å². The van der Waals surface area contributed by atoms with Crippen LogP contribution in [0, 0.1) is 11.8 Å². The fourth-order valence-electron chi connectivity index (χ4n) is 2.07. The van der Waals surface area contributed by atoms with Crippen LogP contribution in [0.4, 0.5) is 5.69 Å². The lowest BCUT2D eigenvalue weighted by Crippen LogP contribution is -2.18. The van der Waals surface area contributed by atoms with Gasteiger partial charge in [0, 0.05) is 18.2 Å². The molecule has 1 aromatic carbocycles. The van der Waals surface area contributed by atoms with E-state index in [0.717, 1.165) is 17.8 Å². The molecule has 1 amide bonds. The molecule has 0 bridgehead atoms. The zero-order chi connectivity index (χ0) is 12.8. The van der Waals surface area contributed by atoms with Crippen molar-refractivity contribution in [3.8, 4) is 11.8 Å². The highest BCUT2D eigenvalue weighted by molar-refractivity contribution is 5.88. The summed E-state index contributed by atoms with van der Waals surface area (Å²) in [7, 11) is 0. The van der Waals surface area contributed by atoms with E-state index in [2.05, 4.69) is 22.1 Å². The Kier molecular flexibility index (Phi) is 4.38. The standard InChI is InChI=1S/C15H18N2O/c1-13(18)16-15-8-4-6-14(12-15)7-5-11-17-9-2-3-10-17/h4,6,8,12H,2-3,9-11H2,1H3,(H,16,18). The van der Waals surface area contributed by atoms with Gasteiger partial charge in [0.2, 0.25) is 5.91 Å². The minimum absolute atomic E-state index is 0.0582. The molecule has 0 saturated carbocycles. The smallest absolute Gasteiger partial charge is 0.221 e. The highest BCUT2D eigenvalue weighted by atomic mass is 16.1. The van der Waals surface area contributed by atoms with Crippen molar-refractivity contribution in [3.05, 3.63) is 29.8 Å². The molecule has 1 aliphatic rings. The Morgan fingerprint density at radius 3 is 2.89 bits per heavy atom. The molecule has 1 N–H and O–H groups in total. The van der Waals surface area contributed by atoms with E-state index in [4.69, 9.17) is 0 Å². The Morgan fingerprint density at radius 2 is 2.17 bits per heavy atom. The van der Waals surface area contributed by atoms with E-state index in [1.165, 1.54) is 32.9 Å². The maximum absolute atomic E-state index is 11.0. The predicted octanol–water partition coefficient (Wildman–Crippen LogP) is 2.09. The van der Waals surface area contributed by atoms with Gasteiger partial charge in [0.25, 0.3) is 0 Å². The van der Waals surface area contributed by atoms with Crippen molar-refractivity contribution >= 4 is 11.6 Å². The zero-order valence-corrected chi connectivity index (χ0v) is 10.7. The van der Waals surface area contributed by atoms with Crippen LogP contribution in [0.5, 0.6) is 0 Å². The normalized spacial score (nSPS) is 14.9. The van der Waals surface area contributed by atoms with Gasteiger partial charge in [0.1, 0.15) is 0 Å². The lowest BCUT2D eigenvalue weighted by Gasteiger charge is -2.08. The summed E-state index contributed by atoms with van der Waals surface area (Å²) in [5.41, 5.74) is 1.75. The Labute approximate surface area is 108 Å². The van der Waals surface area contributed by atoms with Crippen LogP contribution in [0.15, 0.2) is 24.3 Å². The van der Waals surface area contributed by atoms with Crippen LogP contribution in [0.25, 0.3) is 0 Å². The Morgan fingerprint density at radius 1 is 1.39 bits per heavy atom. The summed E-state index contributed by atoms with van der Waals surface area (Å²) in [6.45, 7) is 4.68. The second-order valence-corrected chi connectivity index (χ2v) is 4.55. The molecule has 1 aromatic rings. The molecule has 0 unspecified atom stereocenters. The molecule has 94 valence electrons. The Hall–Kier alpha value is -1.79. The van der Waals surface area contributed by atoms with E-state index in [0.29, 0.717) is 0 Å². The van der Waals surface area contributed by atoms with Crippen molar-refractivity contribution in [2.24, 2.45) is 0 Å². The summed E-state index contributed by atoms with van der Waals surface area (Å²) in [5.74, 6) is 6.27. The molecular weight excluding hydrogens is 224 g/mol. The van der Waals surface area contributed by atoms with Crippen molar-refractivity contribution < 1.29 is 4.79 Å². The third-order valence-electron chi connectivity index (χ3n) is 2.92. The largest absolute Gasteiger partial charge is 0.326 e. The van der Waals surface area contributed by atoms with E-state index >= 15 is 0 Å². The highest BCUT2D eigenvalue weighted by Crippen LogP contribution is 2.10. The molecule has 3 nitrogen and oxygen atoms in total. The summed E-state index contributed by atoms with van der Waals surface area (Å²) in [6.07, 6.45) is 2.58. The first-order valence-electron chi connectivity index (χ1n) is 6.33. The fourth-order valence-corrected chi connectivity index (χ4v) is 2.07. The molecular formula is C15H18N2O. The molecule has 0 atom stereocenters. The molecule has 2 rings (SSSR count). The highest BCUT2D eigenvalue weighted by Gasteiger charge is 2.08. The molecule has 0 spiro atoms. The predicted molar refractivity (Wildman–Crippen MR) is 73.3 cm³/mol. The lowest BCUT2D eigenvalue weighted by atomic mass is 10.2. The first-order chi connectivity index (χ1) is 8.74. The summed E-state index contributed by atoms with van der Waals surface area (Å²) >= 11 is 0. The van der Waals surface area contributed by atoms with Crippen molar-refractivity contribution in [2.45, 2.75) is 19.8 Å². The SMILES string of the molecule is CC(=O)Nc1cccc(C#CCN2CCCC2)c1. The van der Waals surface area contributed by atoms with Gasteiger partial charge in [0.15, 0.2) is 0 Å². The number of nitrogens with one attached hydrogen (secondary N) is 1. The monoisotopic (exact) mass is 242 g/mol. The van der Waals surface area contributed by atoms with Gasteiger partial charge in [-0.25, -0.2) is 0 Å². The molecule has 18 heavy (non-hydrogen) atoms. The number of amides is 1. The van der Waals surface area contributed by atoms with Crippen molar-refractivity contribution in [2.75, 3.05) is 25.0 Å². The minimum Gasteiger partial charge on any atom is -0.326 e. The number of benzene rings is 1. The van der Waals surface area contributed by atoms with Gasteiger partial charge in [0.05, 0.1) is 6.54 Å². The van der Waals surface area contributed by atoms with Crippen molar-refractivity contribution in [3.63, 3.8) is 0 Å². The van der Waals surface area contributed by atoms with Crippen molar-refractivity contribution in [1.82, 2.24) is 4.90 Å². The molecule has 3 heteroatoms. The second kappa shape index (κ2) is 6.23. The number of likely N-dealkylation sites (tertiary alicyclic amines) is 1. The molecule has 0 aromatic heterocycles. The van der Waals surface area contributed by atoms with Crippen LogP contribution in [0.2, 0.25) is 0 Å². The minimum atomic E-state index is -0.0582. The Balaban J connectivity index is 1.95. The molecule has 1 fully saturated rings. The number of anilines is 1. The summed E-state index contributed by atoms with van der Waals surface area (Å²) in [5, 5.41) is 2.76. The number of nitrogens with zero attached hydrogens (tertiary/aromatic N) is 1. The number of carbonyl (C=O) groups excluding carboxylic acids is 1. The third kappa shape index (κ3) is 3.90.